The van der Waals surface area contributed by atoms with Gasteiger partial charge in [0.2, 0.25) is 0 Å². The third kappa shape index (κ3) is 2.18. The summed E-state index contributed by atoms with van der Waals surface area (Å²) < 4.78 is 15.1. The number of piperidine rings is 1. The van der Waals surface area contributed by atoms with Crippen LogP contribution in [0.5, 0.6) is 0 Å². The predicted octanol–water partition coefficient (Wildman–Crippen LogP) is 2.13. The molecule has 1 fully saturated rings. The van der Waals surface area contributed by atoms with Gasteiger partial charge < -0.3 is 9.88 Å². The van der Waals surface area contributed by atoms with Crippen molar-refractivity contribution in [3.8, 4) is 0 Å². The fourth-order valence-electron chi connectivity index (χ4n) is 2.99. The fraction of sp³-hybridized carbons (Fsp3) is 0.500. The van der Waals surface area contributed by atoms with Crippen LogP contribution >= 0.6 is 0 Å². The van der Waals surface area contributed by atoms with Gasteiger partial charge >= 0.3 is 5.69 Å². The number of nitrogens with zero attached hydrogens (tertiary/aromatic N) is 2. The van der Waals surface area contributed by atoms with Crippen LogP contribution in [0.15, 0.2) is 23.0 Å². The highest BCUT2D eigenvalue weighted by Gasteiger charge is 2.23. The van der Waals surface area contributed by atoms with Gasteiger partial charge in [0.15, 0.2) is 0 Å². The molecule has 1 atom stereocenters. The highest BCUT2D eigenvalue weighted by Crippen LogP contribution is 2.24. The molecule has 0 amide bonds. The molecule has 1 aliphatic rings. The standard InChI is InChI=1S/C14H18FN3O/c1-2-17-7-3-4-11(9-17)18-13-8-10(15)5-6-12(13)16-14(18)19/h5-6,8,11H,2-4,7,9H2,1H3,(H,16,19). The van der Waals surface area contributed by atoms with Crippen molar-refractivity contribution in [2.24, 2.45) is 0 Å². The molecule has 0 spiro atoms. The SMILES string of the molecule is CCN1CCCC(n2c(=O)[nH]c3ccc(F)cc32)C1. The first kappa shape index (κ1) is 12.4. The number of aromatic nitrogens is 2. The van der Waals surface area contributed by atoms with E-state index in [4.69, 9.17) is 0 Å². The molecule has 1 aliphatic heterocycles. The molecule has 19 heavy (non-hydrogen) atoms. The first-order valence-electron chi connectivity index (χ1n) is 6.81. The van der Waals surface area contributed by atoms with Gasteiger partial charge in [0, 0.05) is 6.54 Å². The van der Waals surface area contributed by atoms with Crippen LogP contribution in [0, 0.1) is 5.82 Å². The lowest BCUT2D eigenvalue weighted by Gasteiger charge is -2.32. The van der Waals surface area contributed by atoms with Gasteiger partial charge in [-0.3, -0.25) is 4.57 Å². The van der Waals surface area contributed by atoms with Gasteiger partial charge in [0.25, 0.3) is 0 Å². The molecular formula is C14H18FN3O. The summed E-state index contributed by atoms with van der Waals surface area (Å²) in [4.78, 5) is 17.2. The van der Waals surface area contributed by atoms with Crippen molar-refractivity contribution in [1.82, 2.24) is 14.5 Å². The number of nitrogens with one attached hydrogen (secondary N) is 1. The number of halogens is 1. The predicted molar refractivity (Wildman–Crippen MR) is 72.9 cm³/mol. The molecule has 1 saturated heterocycles. The van der Waals surface area contributed by atoms with E-state index >= 15 is 0 Å². The van der Waals surface area contributed by atoms with Crippen LogP contribution in [0.3, 0.4) is 0 Å². The number of fused-ring (bicyclic) bond motifs is 1. The van der Waals surface area contributed by atoms with Gasteiger partial charge in [-0.2, -0.15) is 0 Å². The molecule has 1 unspecified atom stereocenters. The molecule has 0 aliphatic carbocycles. The van der Waals surface area contributed by atoms with Crippen molar-refractivity contribution in [2.45, 2.75) is 25.8 Å². The number of rotatable bonds is 2. The molecule has 0 bridgehead atoms. The minimum atomic E-state index is -0.302. The summed E-state index contributed by atoms with van der Waals surface area (Å²) in [6.07, 6.45) is 2.05. The van der Waals surface area contributed by atoms with Crippen molar-refractivity contribution >= 4 is 11.0 Å². The summed E-state index contributed by atoms with van der Waals surface area (Å²) in [5.41, 5.74) is 1.25. The molecule has 5 heteroatoms. The summed E-state index contributed by atoms with van der Waals surface area (Å²) >= 11 is 0. The number of imidazole rings is 1. The zero-order valence-corrected chi connectivity index (χ0v) is 11.0. The largest absolute Gasteiger partial charge is 0.326 e. The van der Waals surface area contributed by atoms with Gasteiger partial charge in [-0.15, -0.1) is 0 Å². The Labute approximate surface area is 110 Å². The van der Waals surface area contributed by atoms with Gasteiger partial charge in [-0.25, -0.2) is 9.18 Å². The molecule has 102 valence electrons. The molecule has 1 aromatic carbocycles. The molecule has 0 radical (unpaired) electrons. The van der Waals surface area contributed by atoms with E-state index in [0.717, 1.165) is 32.5 Å². The summed E-state index contributed by atoms with van der Waals surface area (Å²) in [7, 11) is 0. The second-order valence-electron chi connectivity index (χ2n) is 5.15. The molecule has 1 N–H and O–H groups in total. The minimum absolute atomic E-state index is 0.136. The van der Waals surface area contributed by atoms with Crippen molar-refractivity contribution in [3.63, 3.8) is 0 Å². The molecule has 4 nitrogen and oxygen atoms in total. The third-order valence-corrected chi connectivity index (χ3v) is 3.97. The number of likely N-dealkylation sites (tertiary alicyclic amines) is 1. The van der Waals surface area contributed by atoms with E-state index < -0.39 is 0 Å². The maximum absolute atomic E-state index is 13.4. The van der Waals surface area contributed by atoms with Crippen LogP contribution in [-0.4, -0.2) is 34.1 Å². The molecule has 3 rings (SSSR count). The van der Waals surface area contributed by atoms with E-state index in [-0.39, 0.29) is 17.5 Å². The van der Waals surface area contributed by atoms with Crippen LogP contribution in [0.2, 0.25) is 0 Å². The highest BCUT2D eigenvalue weighted by molar-refractivity contribution is 5.75. The average molecular weight is 263 g/mol. The molecule has 1 aromatic heterocycles. The monoisotopic (exact) mass is 263 g/mol. The maximum atomic E-state index is 13.4. The Morgan fingerprint density at radius 2 is 2.32 bits per heavy atom. The van der Waals surface area contributed by atoms with Gasteiger partial charge in [0.05, 0.1) is 17.1 Å². The first-order chi connectivity index (χ1) is 9.19. The number of likely N-dealkylation sites (N-methyl/N-ethyl adjacent to an activating group) is 1. The topological polar surface area (TPSA) is 41.0 Å². The lowest BCUT2D eigenvalue weighted by atomic mass is 10.1. The van der Waals surface area contributed by atoms with E-state index in [9.17, 15) is 9.18 Å². The molecule has 2 aromatic rings. The number of benzene rings is 1. The second kappa shape index (κ2) is 4.81. The van der Waals surface area contributed by atoms with Gasteiger partial charge in [-0.1, -0.05) is 6.92 Å². The normalized spacial score (nSPS) is 21.1. The van der Waals surface area contributed by atoms with Crippen molar-refractivity contribution in [2.75, 3.05) is 19.6 Å². The smallest absolute Gasteiger partial charge is 0.306 e. The number of hydrogen-bond acceptors (Lipinski definition) is 2. The Hall–Kier alpha value is -1.62. The van der Waals surface area contributed by atoms with E-state index in [1.54, 1.807) is 10.6 Å². The Morgan fingerprint density at radius 3 is 3.11 bits per heavy atom. The highest BCUT2D eigenvalue weighted by atomic mass is 19.1. The van der Waals surface area contributed by atoms with Gasteiger partial charge in [0.1, 0.15) is 5.82 Å². The number of aromatic amines is 1. The first-order valence-corrected chi connectivity index (χ1v) is 6.81. The third-order valence-electron chi connectivity index (χ3n) is 3.97. The Kier molecular flexibility index (Phi) is 3.14. The van der Waals surface area contributed by atoms with Crippen molar-refractivity contribution in [1.29, 1.82) is 0 Å². The van der Waals surface area contributed by atoms with Crippen LogP contribution in [0.4, 0.5) is 4.39 Å². The van der Waals surface area contributed by atoms with Crippen molar-refractivity contribution < 1.29 is 4.39 Å². The van der Waals surface area contributed by atoms with Crippen LogP contribution in [0.25, 0.3) is 11.0 Å². The van der Waals surface area contributed by atoms with Crippen molar-refractivity contribution in [3.05, 3.63) is 34.5 Å². The summed E-state index contributed by atoms with van der Waals surface area (Å²) in [6.45, 7) is 5.06. The Bertz CT molecular complexity index is 646. The van der Waals surface area contributed by atoms with E-state index in [1.807, 2.05) is 0 Å². The van der Waals surface area contributed by atoms with Crippen LogP contribution in [-0.2, 0) is 0 Å². The average Bonchev–Trinajstić information content (AvgIpc) is 2.74. The summed E-state index contributed by atoms with van der Waals surface area (Å²) in [5.74, 6) is -0.302. The molecule has 2 heterocycles. The van der Waals surface area contributed by atoms with E-state index in [1.165, 1.54) is 12.1 Å². The Morgan fingerprint density at radius 1 is 1.47 bits per heavy atom. The van der Waals surface area contributed by atoms with E-state index in [2.05, 4.69) is 16.8 Å². The van der Waals surface area contributed by atoms with E-state index in [0.29, 0.717) is 11.0 Å². The lowest BCUT2D eigenvalue weighted by molar-refractivity contribution is 0.185. The van der Waals surface area contributed by atoms with Gasteiger partial charge in [-0.05, 0) is 44.1 Å². The number of hydrogen-bond donors (Lipinski definition) is 1. The summed E-state index contributed by atoms with van der Waals surface area (Å²) in [5, 5.41) is 0. The lowest BCUT2D eigenvalue weighted by Crippen LogP contribution is -2.39. The fourth-order valence-corrected chi connectivity index (χ4v) is 2.99. The second-order valence-corrected chi connectivity index (χ2v) is 5.15. The molecular weight excluding hydrogens is 245 g/mol. The van der Waals surface area contributed by atoms with Crippen LogP contribution < -0.4 is 5.69 Å². The maximum Gasteiger partial charge on any atom is 0.326 e. The Balaban J connectivity index is 2.06. The quantitative estimate of drug-likeness (QED) is 0.901. The summed E-state index contributed by atoms with van der Waals surface area (Å²) in [6, 6.07) is 4.58. The number of H-pyrrole nitrogens is 1. The minimum Gasteiger partial charge on any atom is -0.306 e. The zero-order valence-electron chi connectivity index (χ0n) is 11.0. The zero-order chi connectivity index (χ0) is 13.4. The van der Waals surface area contributed by atoms with Crippen LogP contribution in [0.1, 0.15) is 25.8 Å². The molecule has 0 saturated carbocycles.